The first kappa shape index (κ1) is 19.5. The molecule has 1 saturated carbocycles. The maximum absolute atomic E-state index is 7.68. The second kappa shape index (κ2) is 8.68. The molecule has 0 bridgehead atoms. The lowest BCUT2D eigenvalue weighted by Gasteiger charge is -2.22. The fraction of sp³-hybridized carbons (Fsp3) is 0.333. The number of thiazole rings is 1. The zero-order valence-corrected chi connectivity index (χ0v) is 18.3. The van der Waals surface area contributed by atoms with Crippen molar-refractivity contribution in [2.75, 3.05) is 11.6 Å². The number of hydrogen-bond donors (Lipinski definition) is 3. The molecule has 2 aromatic heterocycles. The van der Waals surface area contributed by atoms with Gasteiger partial charge in [0.1, 0.15) is 5.84 Å². The number of thiophene rings is 1. The third kappa shape index (κ3) is 4.26. The van der Waals surface area contributed by atoms with Gasteiger partial charge in [0.2, 0.25) is 0 Å². The van der Waals surface area contributed by atoms with E-state index < -0.39 is 0 Å². The first-order valence-electron chi connectivity index (χ1n) is 9.49. The van der Waals surface area contributed by atoms with Crippen LogP contribution >= 0.6 is 34.4 Å². The minimum atomic E-state index is 0.109. The molecule has 4 N–H and O–H groups in total. The zero-order chi connectivity index (χ0) is 19.5. The number of aromatic nitrogens is 1. The molecular formula is C21H24N4S3. The van der Waals surface area contributed by atoms with Gasteiger partial charge in [-0.15, -0.1) is 34.4 Å². The van der Waals surface area contributed by atoms with E-state index in [0.29, 0.717) is 0 Å². The van der Waals surface area contributed by atoms with Crippen molar-refractivity contribution < 1.29 is 0 Å². The van der Waals surface area contributed by atoms with Crippen LogP contribution in [0.1, 0.15) is 48.5 Å². The third-order valence-corrected chi connectivity index (χ3v) is 8.23. The molecule has 1 aromatic carbocycles. The van der Waals surface area contributed by atoms with E-state index >= 15 is 0 Å². The summed E-state index contributed by atoms with van der Waals surface area (Å²) in [5.41, 5.74) is 10.2. The Morgan fingerprint density at radius 2 is 1.96 bits per heavy atom. The molecule has 146 valence electrons. The van der Waals surface area contributed by atoms with E-state index in [0.717, 1.165) is 37.1 Å². The maximum atomic E-state index is 7.68. The fourth-order valence-electron chi connectivity index (χ4n) is 3.69. The number of amidine groups is 1. The topological polar surface area (TPSA) is 74.8 Å². The first-order valence-corrected chi connectivity index (χ1v) is 12.4. The van der Waals surface area contributed by atoms with Gasteiger partial charge in [-0.05, 0) is 48.8 Å². The molecule has 1 fully saturated rings. The Kier molecular flexibility index (Phi) is 6.04. The lowest BCUT2D eigenvalue weighted by Crippen LogP contribution is -2.08. The third-order valence-electron chi connectivity index (χ3n) is 5.17. The average molecular weight is 429 g/mol. The van der Waals surface area contributed by atoms with Gasteiger partial charge in [-0.25, -0.2) is 4.98 Å². The zero-order valence-electron chi connectivity index (χ0n) is 15.8. The van der Waals surface area contributed by atoms with Crippen LogP contribution in [-0.2, 0) is 0 Å². The quantitative estimate of drug-likeness (QED) is 0.233. The Hall–Kier alpha value is -1.83. The molecule has 0 atom stereocenters. The number of nitrogen functional groups attached to an aromatic ring is 1. The molecule has 0 spiro atoms. The molecule has 2 heterocycles. The van der Waals surface area contributed by atoms with Gasteiger partial charge in [-0.2, -0.15) is 0 Å². The number of nitrogens with two attached hydrogens (primary N) is 1. The van der Waals surface area contributed by atoms with E-state index in [1.54, 1.807) is 34.4 Å². The normalized spacial score (nSPS) is 14.9. The van der Waals surface area contributed by atoms with Crippen molar-refractivity contribution in [2.45, 2.75) is 42.2 Å². The van der Waals surface area contributed by atoms with E-state index in [-0.39, 0.29) is 5.84 Å². The minimum Gasteiger partial charge on any atom is -0.383 e. The van der Waals surface area contributed by atoms with Crippen LogP contribution in [0.15, 0.2) is 39.9 Å². The molecule has 1 aliphatic rings. The van der Waals surface area contributed by atoms with Crippen molar-refractivity contribution in [1.29, 1.82) is 5.41 Å². The highest BCUT2D eigenvalue weighted by molar-refractivity contribution is 8.00. The lowest BCUT2D eigenvalue weighted by atomic mass is 9.84. The van der Waals surface area contributed by atoms with Crippen LogP contribution in [0.5, 0.6) is 0 Å². The van der Waals surface area contributed by atoms with Crippen LogP contribution in [0, 0.1) is 5.41 Å². The summed E-state index contributed by atoms with van der Waals surface area (Å²) in [7, 11) is 0. The summed E-state index contributed by atoms with van der Waals surface area (Å²) in [5.74, 6) is 0.839. The standard InChI is InChI=1S/C21H24N4S3/c1-26-20-16(11-18(28-20)19(22)23)17-12-27-21(25-17)24-15-9-7-14(8-10-15)13-5-3-2-4-6-13/h7-13H,2-6H2,1H3,(H3,22,23)(H,24,25). The predicted octanol–water partition coefficient (Wildman–Crippen LogP) is 6.67. The number of benzene rings is 1. The number of anilines is 2. The van der Waals surface area contributed by atoms with Gasteiger partial charge in [0, 0.05) is 16.6 Å². The van der Waals surface area contributed by atoms with E-state index in [9.17, 15) is 0 Å². The summed E-state index contributed by atoms with van der Waals surface area (Å²) < 4.78 is 1.14. The van der Waals surface area contributed by atoms with Crippen LogP contribution in [0.2, 0.25) is 0 Å². The molecule has 7 heteroatoms. The van der Waals surface area contributed by atoms with Gasteiger partial charge in [-0.1, -0.05) is 31.4 Å². The van der Waals surface area contributed by atoms with E-state index in [2.05, 4.69) is 35.0 Å². The number of nitrogens with one attached hydrogen (secondary N) is 2. The van der Waals surface area contributed by atoms with Crippen molar-refractivity contribution in [3.8, 4) is 11.3 Å². The number of hydrogen-bond acceptors (Lipinski definition) is 6. The Labute approximate surface area is 178 Å². The lowest BCUT2D eigenvalue weighted by molar-refractivity contribution is 0.443. The first-order chi connectivity index (χ1) is 13.6. The molecular weight excluding hydrogens is 404 g/mol. The van der Waals surface area contributed by atoms with Crippen molar-refractivity contribution >= 4 is 51.1 Å². The van der Waals surface area contributed by atoms with Gasteiger partial charge in [-0.3, -0.25) is 5.41 Å². The van der Waals surface area contributed by atoms with Crippen molar-refractivity contribution in [3.05, 3.63) is 46.2 Å². The largest absolute Gasteiger partial charge is 0.383 e. The van der Waals surface area contributed by atoms with Crippen molar-refractivity contribution in [1.82, 2.24) is 4.98 Å². The molecule has 1 aliphatic carbocycles. The highest BCUT2D eigenvalue weighted by Gasteiger charge is 2.16. The molecule has 0 amide bonds. The summed E-state index contributed by atoms with van der Waals surface area (Å²) in [6.07, 6.45) is 8.79. The van der Waals surface area contributed by atoms with E-state index in [1.807, 2.05) is 12.3 Å². The summed E-state index contributed by atoms with van der Waals surface area (Å²) in [6, 6.07) is 10.8. The molecule has 4 rings (SSSR count). The Morgan fingerprint density at radius 3 is 2.64 bits per heavy atom. The van der Waals surface area contributed by atoms with Crippen LogP contribution in [0.25, 0.3) is 11.3 Å². The Bertz CT molecular complexity index is 952. The van der Waals surface area contributed by atoms with Gasteiger partial charge < -0.3 is 11.1 Å². The molecule has 0 radical (unpaired) electrons. The maximum Gasteiger partial charge on any atom is 0.187 e. The Morgan fingerprint density at radius 1 is 1.21 bits per heavy atom. The molecule has 0 saturated heterocycles. The highest BCUT2D eigenvalue weighted by Crippen LogP contribution is 2.39. The smallest absolute Gasteiger partial charge is 0.187 e. The Balaban J connectivity index is 1.48. The fourth-order valence-corrected chi connectivity index (χ4v) is 6.17. The number of thioether (sulfide) groups is 1. The van der Waals surface area contributed by atoms with E-state index in [1.165, 1.54) is 37.7 Å². The molecule has 3 aromatic rings. The van der Waals surface area contributed by atoms with Gasteiger partial charge in [0.15, 0.2) is 5.13 Å². The minimum absolute atomic E-state index is 0.109. The number of nitrogens with zero attached hydrogens (tertiary/aromatic N) is 1. The van der Waals surface area contributed by atoms with Gasteiger partial charge in [0.25, 0.3) is 0 Å². The van der Waals surface area contributed by atoms with Crippen molar-refractivity contribution in [3.63, 3.8) is 0 Å². The molecule has 28 heavy (non-hydrogen) atoms. The average Bonchev–Trinajstić information content (AvgIpc) is 3.36. The molecule has 0 aliphatic heterocycles. The second-order valence-electron chi connectivity index (χ2n) is 7.05. The number of rotatable bonds is 6. The van der Waals surface area contributed by atoms with Crippen LogP contribution in [0.3, 0.4) is 0 Å². The highest BCUT2D eigenvalue weighted by atomic mass is 32.2. The van der Waals surface area contributed by atoms with Crippen LogP contribution < -0.4 is 11.1 Å². The van der Waals surface area contributed by atoms with Crippen molar-refractivity contribution in [2.24, 2.45) is 5.73 Å². The van der Waals surface area contributed by atoms with E-state index in [4.69, 9.17) is 16.1 Å². The summed E-state index contributed by atoms with van der Waals surface area (Å²) >= 11 is 4.81. The molecule has 0 unspecified atom stereocenters. The second-order valence-corrected chi connectivity index (χ2v) is 10.0. The summed E-state index contributed by atoms with van der Waals surface area (Å²) in [6.45, 7) is 0. The van der Waals surface area contributed by atoms with Gasteiger partial charge in [0.05, 0.1) is 14.8 Å². The monoisotopic (exact) mass is 428 g/mol. The molecule has 4 nitrogen and oxygen atoms in total. The predicted molar refractivity (Wildman–Crippen MR) is 124 cm³/mol. The summed E-state index contributed by atoms with van der Waals surface area (Å²) in [4.78, 5) is 5.55. The summed E-state index contributed by atoms with van der Waals surface area (Å²) in [5, 5.41) is 14.0. The van der Waals surface area contributed by atoms with Gasteiger partial charge >= 0.3 is 0 Å². The SMILES string of the molecule is CSc1sc(C(=N)N)cc1-c1csc(Nc2ccc(C3CCCCC3)cc2)n1. The van der Waals surface area contributed by atoms with Crippen LogP contribution in [-0.4, -0.2) is 17.1 Å². The van der Waals surface area contributed by atoms with Crippen LogP contribution in [0.4, 0.5) is 10.8 Å².